The number of rotatable bonds is 8. The van der Waals surface area contributed by atoms with Crippen LogP contribution in [-0.4, -0.2) is 33.4 Å². The van der Waals surface area contributed by atoms with E-state index in [1.54, 1.807) is 62.4 Å². The molecule has 0 bridgehead atoms. The molecule has 7 nitrogen and oxygen atoms in total. The Balaban J connectivity index is 1.98. The zero-order valence-electron chi connectivity index (χ0n) is 19.0. The third-order valence-corrected chi connectivity index (χ3v) is 7.03. The SMILES string of the molecule is CCOC(=O)c1ccccc1NC(=O)CN(c1ccc(Cl)cc1C)S(=O)(=O)c1ccc(C)cc1. The van der Waals surface area contributed by atoms with Gasteiger partial charge in [0.2, 0.25) is 5.91 Å². The van der Waals surface area contributed by atoms with E-state index < -0.39 is 28.4 Å². The number of anilines is 2. The molecule has 0 unspecified atom stereocenters. The maximum absolute atomic E-state index is 13.6. The lowest BCUT2D eigenvalue weighted by atomic mass is 10.1. The van der Waals surface area contributed by atoms with Gasteiger partial charge in [0, 0.05) is 5.02 Å². The summed E-state index contributed by atoms with van der Waals surface area (Å²) in [4.78, 5) is 25.3. The average Bonchev–Trinajstić information content (AvgIpc) is 2.78. The maximum atomic E-state index is 13.6. The summed E-state index contributed by atoms with van der Waals surface area (Å²) in [5.41, 5.74) is 2.21. The number of esters is 1. The van der Waals surface area contributed by atoms with Gasteiger partial charge in [0.15, 0.2) is 0 Å². The largest absolute Gasteiger partial charge is 0.462 e. The van der Waals surface area contributed by atoms with Gasteiger partial charge in [-0.25, -0.2) is 13.2 Å². The molecule has 9 heteroatoms. The molecule has 3 aromatic carbocycles. The fourth-order valence-corrected chi connectivity index (χ4v) is 5.05. The monoisotopic (exact) mass is 500 g/mol. The Hall–Kier alpha value is -3.36. The van der Waals surface area contributed by atoms with E-state index in [4.69, 9.17) is 16.3 Å². The molecule has 34 heavy (non-hydrogen) atoms. The van der Waals surface area contributed by atoms with Crippen molar-refractivity contribution in [3.63, 3.8) is 0 Å². The first-order valence-corrected chi connectivity index (χ1v) is 12.4. The van der Waals surface area contributed by atoms with E-state index in [9.17, 15) is 18.0 Å². The summed E-state index contributed by atoms with van der Waals surface area (Å²) in [5.74, 6) is -1.21. The molecule has 0 radical (unpaired) electrons. The average molecular weight is 501 g/mol. The number of hydrogen-bond donors (Lipinski definition) is 1. The summed E-state index contributed by atoms with van der Waals surface area (Å²) < 4.78 is 33.2. The number of halogens is 1. The smallest absolute Gasteiger partial charge is 0.340 e. The second kappa shape index (κ2) is 10.7. The van der Waals surface area contributed by atoms with Crippen LogP contribution in [-0.2, 0) is 19.6 Å². The minimum atomic E-state index is -4.09. The molecule has 3 aromatic rings. The highest BCUT2D eigenvalue weighted by molar-refractivity contribution is 7.92. The van der Waals surface area contributed by atoms with Crippen LogP contribution in [0.4, 0.5) is 11.4 Å². The van der Waals surface area contributed by atoms with E-state index >= 15 is 0 Å². The highest BCUT2D eigenvalue weighted by atomic mass is 35.5. The molecule has 0 fully saturated rings. The molecule has 3 rings (SSSR count). The van der Waals surface area contributed by atoms with Crippen LogP contribution in [0.1, 0.15) is 28.4 Å². The second-order valence-electron chi connectivity index (χ2n) is 7.57. The molecule has 0 aliphatic heterocycles. The Kier molecular flexibility index (Phi) is 7.96. The molecule has 0 aliphatic rings. The Morgan fingerprint density at radius 1 is 1.00 bits per heavy atom. The first-order valence-electron chi connectivity index (χ1n) is 10.5. The van der Waals surface area contributed by atoms with Gasteiger partial charge in [0.25, 0.3) is 10.0 Å². The van der Waals surface area contributed by atoms with Crippen LogP contribution >= 0.6 is 11.6 Å². The molecule has 1 amide bonds. The lowest BCUT2D eigenvalue weighted by molar-refractivity contribution is -0.114. The van der Waals surface area contributed by atoms with Crippen molar-refractivity contribution in [2.75, 3.05) is 22.8 Å². The van der Waals surface area contributed by atoms with Gasteiger partial charge >= 0.3 is 5.97 Å². The number of aryl methyl sites for hydroxylation is 2. The van der Waals surface area contributed by atoms with Crippen LogP contribution in [0.2, 0.25) is 5.02 Å². The lowest BCUT2D eigenvalue weighted by Crippen LogP contribution is -2.38. The van der Waals surface area contributed by atoms with Crippen molar-refractivity contribution < 1.29 is 22.7 Å². The predicted octanol–water partition coefficient (Wildman–Crippen LogP) is 4.97. The summed E-state index contributed by atoms with van der Waals surface area (Å²) in [7, 11) is -4.09. The van der Waals surface area contributed by atoms with Crippen molar-refractivity contribution in [2.45, 2.75) is 25.7 Å². The fourth-order valence-electron chi connectivity index (χ4n) is 3.33. The highest BCUT2D eigenvalue weighted by Gasteiger charge is 2.29. The second-order valence-corrected chi connectivity index (χ2v) is 9.87. The molecule has 178 valence electrons. The van der Waals surface area contributed by atoms with Gasteiger partial charge in [0.1, 0.15) is 6.54 Å². The third-order valence-electron chi connectivity index (χ3n) is 5.02. The minimum Gasteiger partial charge on any atom is -0.462 e. The van der Waals surface area contributed by atoms with Crippen LogP contribution in [0.25, 0.3) is 0 Å². The number of nitrogens with zero attached hydrogens (tertiary/aromatic N) is 1. The van der Waals surface area contributed by atoms with Gasteiger partial charge in [0.05, 0.1) is 28.4 Å². The van der Waals surface area contributed by atoms with Gasteiger partial charge in [-0.15, -0.1) is 0 Å². The number of carbonyl (C=O) groups is 2. The number of carbonyl (C=O) groups excluding carboxylic acids is 2. The van der Waals surface area contributed by atoms with Crippen molar-refractivity contribution in [3.05, 3.63) is 88.4 Å². The van der Waals surface area contributed by atoms with Crippen molar-refractivity contribution in [1.82, 2.24) is 0 Å². The number of amides is 1. The summed E-state index contributed by atoms with van der Waals surface area (Å²) in [6, 6.07) is 17.5. The fraction of sp³-hybridized carbons (Fsp3) is 0.200. The summed E-state index contributed by atoms with van der Waals surface area (Å²) >= 11 is 6.07. The molecule has 0 aliphatic carbocycles. The number of hydrogen-bond acceptors (Lipinski definition) is 5. The number of benzene rings is 3. The van der Waals surface area contributed by atoms with Crippen molar-refractivity contribution >= 4 is 44.9 Å². The van der Waals surface area contributed by atoms with Crippen LogP contribution in [0.15, 0.2) is 71.6 Å². The Morgan fingerprint density at radius 2 is 1.68 bits per heavy atom. The van der Waals surface area contributed by atoms with E-state index in [0.717, 1.165) is 9.87 Å². The first kappa shape index (κ1) is 25.3. The maximum Gasteiger partial charge on any atom is 0.340 e. The van der Waals surface area contributed by atoms with Gasteiger partial charge in [-0.3, -0.25) is 9.10 Å². The van der Waals surface area contributed by atoms with Crippen molar-refractivity contribution in [2.24, 2.45) is 0 Å². The summed E-state index contributed by atoms with van der Waals surface area (Å²) in [6.07, 6.45) is 0. The van der Waals surface area contributed by atoms with Crippen molar-refractivity contribution in [1.29, 1.82) is 0 Å². The molecule has 0 aromatic heterocycles. The van der Waals surface area contributed by atoms with Crippen LogP contribution < -0.4 is 9.62 Å². The normalized spacial score (nSPS) is 11.1. The number of ether oxygens (including phenoxy) is 1. The quantitative estimate of drug-likeness (QED) is 0.441. The molecule has 1 N–H and O–H groups in total. The molecule has 0 spiro atoms. The Labute approximate surface area is 204 Å². The van der Waals surface area contributed by atoms with Gasteiger partial charge in [-0.1, -0.05) is 41.4 Å². The van der Waals surface area contributed by atoms with E-state index in [0.29, 0.717) is 16.3 Å². The van der Waals surface area contributed by atoms with E-state index in [2.05, 4.69) is 5.32 Å². The minimum absolute atomic E-state index is 0.0483. The summed E-state index contributed by atoms with van der Waals surface area (Å²) in [5, 5.41) is 3.09. The van der Waals surface area contributed by atoms with E-state index in [1.165, 1.54) is 18.2 Å². The molecular weight excluding hydrogens is 476 g/mol. The number of para-hydroxylation sites is 1. The highest BCUT2D eigenvalue weighted by Crippen LogP contribution is 2.29. The first-order chi connectivity index (χ1) is 16.1. The molecule has 0 saturated heterocycles. The summed E-state index contributed by atoms with van der Waals surface area (Å²) in [6.45, 7) is 4.91. The molecular formula is C25H25ClN2O5S. The molecule has 0 saturated carbocycles. The lowest BCUT2D eigenvalue weighted by Gasteiger charge is -2.26. The van der Waals surface area contributed by atoms with Crippen LogP contribution in [0.3, 0.4) is 0 Å². The zero-order chi connectivity index (χ0) is 24.9. The topological polar surface area (TPSA) is 92.8 Å². The van der Waals surface area contributed by atoms with Crippen molar-refractivity contribution in [3.8, 4) is 0 Å². The number of sulfonamides is 1. The molecule has 0 atom stereocenters. The zero-order valence-corrected chi connectivity index (χ0v) is 20.6. The van der Waals surface area contributed by atoms with Crippen LogP contribution in [0.5, 0.6) is 0 Å². The van der Waals surface area contributed by atoms with E-state index in [-0.39, 0.29) is 22.8 Å². The van der Waals surface area contributed by atoms with E-state index in [1.807, 2.05) is 6.92 Å². The standard InChI is InChI=1S/C25H25ClN2O5S/c1-4-33-25(30)21-7-5-6-8-22(21)27-24(29)16-28(23-14-11-19(26)15-18(23)3)34(31,32)20-12-9-17(2)10-13-20/h5-15H,4,16H2,1-3H3,(H,27,29). The van der Waals surface area contributed by atoms with Crippen LogP contribution in [0, 0.1) is 13.8 Å². The predicted molar refractivity (Wildman–Crippen MR) is 133 cm³/mol. The molecule has 0 heterocycles. The van der Waals surface area contributed by atoms with Gasteiger partial charge in [-0.2, -0.15) is 0 Å². The Bertz CT molecular complexity index is 1310. The number of nitrogens with one attached hydrogen (secondary N) is 1. The van der Waals surface area contributed by atoms with Gasteiger partial charge in [-0.05, 0) is 68.8 Å². The third kappa shape index (κ3) is 5.76. The van der Waals surface area contributed by atoms with Gasteiger partial charge < -0.3 is 10.1 Å². The Morgan fingerprint density at radius 3 is 2.32 bits per heavy atom.